The number of aromatic nitrogens is 3. The lowest BCUT2D eigenvalue weighted by Gasteiger charge is -2.00. The molecule has 4 nitrogen and oxygen atoms in total. The summed E-state index contributed by atoms with van der Waals surface area (Å²) in [7, 11) is 0. The van der Waals surface area contributed by atoms with Crippen molar-refractivity contribution in [2.45, 2.75) is 0 Å². The van der Waals surface area contributed by atoms with Crippen LogP contribution in [-0.2, 0) is 0 Å². The van der Waals surface area contributed by atoms with E-state index >= 15 is 0 Å². The lowest BCUT2D eigenvalue weighted by molar-refractivity contribution is 0.444. The summed E-state index contributed by atoms with van der Waals surface area (Å²) >= 11 is 3.34. The first-order valence-corrected chi connectivity index (χ1v) is 4.43. The van der Waals surface area contributed by atoms with Crippen molar-refractivity contribution < 1.29 is 4.74 Å². The number of ether oxygens (including phenoxy) is 1. The average Bonchev–Trinajstić information content (AvgIpc) is 2.57. The second-order valence-corrected chi connectivity index (χ2v) is 3.27. The zero-order valence-electron chi connectivity index (χ0n) is 6.57. The minimum atomic E-state index is 0.387. The van der Waals surface area contributed by atoms with E-state index in [1.165, 1.54) is 6.33 Å². The van der Waals surface area contributed by atoms with E-state index < -0.39 is 0 Å². The standard InChI is InChI=1S/C8H6BrN3O/c9-6-2-1-3-7(4-6)13-8-10-5-11-12-8/h1-5H,(H,10,11,12). The highest BCUT2D eigenvalue weighted by Gasteiger charge is 1.98. The Morgan fingerprint density at radius 1 is 1.38 bits per heavy atom. The summed E-state index contributed by atoms with van der Waals surface area (Å²) in [4.78, 5) is 3.84. The van der Waals surface area contributed by atoms with Gasteiger partial charge in [-0.25, -0.2) is 5.10 Å². The first-order valence-electron chi connectivity index (χ1n) is 3.63. The van der Waals surface area contributed by atoms with E-state index in [0.717, 1.165) is 4.47 Å². The third-order valence-corrected chi connectivity index (χ3v) is 1.90. The molecule has 0 atom stereocenters. The summed E-state index contributed by atoms with van der Waals surface area (Å²) in [5.74, 6) is 0.714. The highest BCUT2D eigenvalue weighted by Crippen LogP contribution is 2.21. The number of hydrogen-bond donors (Lipinski definition) is 1. The molecule has 0 unspecified atom stereocenters. The second kappa shape index (κ2) is 3.57. The van der Waals surface area contributed by atoms with Crippen LogP contribution >= 0.6 is 15.9 Å². The Labute approximate surface area is 83.1 Å². The van der Waals surface area contributed by atoms with Gasteiger partial charge in [-0.2, -0.15) is 10.1 Å². The van der Waals surface area contributed by atoms with Crippen molar-refractivity contribution in [3.05, 3.63) is 35.1 Å². The van der Waals surface area contributed by atoms with Gasteiger partial charge in [-0.05, 0) is 18.2 Å². The van der Waals surface area contributed by atoms with Crippen LogP contribution in [0.3, 0.4) is 0 Å². The fourth-order valence-corrected chi connectivity index (χ4v) is 1.26. The van der Waals surface area contributed by atoms with E-state index in [-0.39, 0.29) is 0 Å². The molecule has 2 aromatic rings. The molecule has 0 amide bonds. The van der Waals surface area contributed by atoms with Crippen molar-refractivity contribution >= 4 is 15.9 Å². The summed E-state index contributed by atoms with van der Waals surface area (Å²) in [6.07, 6.45) is 1.40. The molecule has 0 aliphatic heterocycles. The van der Waals surface area contributed by atoms with Gasteiger partial charge in [0.25, 0.3) is 0 Å². The van der Waals surface area contributed by atoms with Crippen LogP contribution < -0.4 is 4.74 Å². The topological polar surface area (TPSA) is 50.8 Å². The zero-order chi connectivity index (χ0) is 9.10. The monoisotopic (exact) mass is 239 g/mol. The van der Waals surface area contributed by atoms with Crippen molar-refractivity contribution in [1.29, 1.82) is 0 Å². The van der Waals surface area contributed by atoms with Crippen LogP contribution in [0.25, 0.3) is 0 Å². The number of aromatic amines is 1. The molecule has 0 aliphatic carbocycles. The van der Waals surface area contributed by atoms with Gasteiger partial charge in [0, 0.05) is 4.47 Å². The number of H-pyrrole nitrogens is 1. The van der Waals surface area contributed by atoms with E-state index in [0.29, 0.717) is 11.8 Å². The van der Waals surface area contributed by atoms with Crippen molar-refractivity contribution in [3.8, 4) is 11.8 Å². The summed E-state index contributed by atoms with van der Waals surface area (Å²) in [6.45, 7) is 0. The molecule has 0 radical (unpaired) electrons. The average molecular weight is 240 g/mol. The smallest absolute Gasteiger partial charge is 0.317 e. The molecule has 0 saturated carbocycles. The Bertz CT molecular complexity index is 388. The number of halogens is 1. The van der Waals surface area contributed by atoms with Crippen LogP contribution in [0.5, 0.6) is 11.8 Å². The summed E-state index contributed by atoms with van der Waals surface area (Å²) in [6, 6.07) is 7.89. The second-order valence-electron chi connectivity index (χ2n) is 2.35. The van der Waals surface area contributed by atoms with Crippen LogP contribution in [0.15, 0.2) is 35.1 Å². The van der Waals surface area contributed by atoms with Gasteiger partial charge >= 0.3 is 6.01 Å². The highest BCUT2D eigenvalue weighted by atomic mass is 79.9. The van der Waals surface area contributed by atoms with E-state index in [9.17, 15) is 0 Å². The van der Waals surface area contributed by atoms with E-state index in [1.54, 1.807) is 0 Å². The SMILES string of the molecule is Brc1cccc(Oc2ncn[nH]2)c1. The van der Waals surface area contributed by atoms with Gasteiger partial charge in [0.05, 0.1) is 0 Å². The minimum absolute atomic E-state index is 0.387. The van der Waals surface area contributed by atoms with Gasteiger partial charge in [0.2, 0.25) is 0 Å². The van der Waals surface area contributed by atoms with Gasteiger partial charge in [-0.3, -0.25) is 0 Å². The molecule has 1 aromatic carbocycles. The predicted molar refractivity (Wildman–Crippen MR) is 50.6 cm³/mol. The number of benzene rings is 1. The molecule has 1 heterocycles. The third-order valence-electron chi connectivity index (χ3n) is 1.40. The van der Waals surface area contributed by atoms with Crippen molar-refractivity contribution in [3.63, 3.8) is 0 Å². The van der Waals surface area contributed by atoms with Gasteiger partial charge in [-0.15, -0.1) is 0 Å². The molecule has 13 heavy (non-hydrogen) atoms. The van der Waals surface area contributed by atoms with E-state index in [2.05, 4.69) is 31.1 Å². The Morgan fingerprint density at radius 2 is 2.31 bits per heavy atom. The molecule has 1 N–H and O–H groups in total. The molecule has 2 rings (SSSR count). The first-order chi connectivity index (χ1) is 6.34. The van der Waals surface area contributed by atoms with Crippen molar-refractivity contribution in [2.24, 2.45) is 0 Å². The fourth-order valence-electron chi connectivity index (χ4n) is 0.886. The highest BCUT2D eigenvalue weighted by molar-refractivity contribution is 9.10. The van der Waals surface area contributed by atoms with Gasteiger partial charge in [-0.1, -0.05) is 22.0 Å². The third kappa shape index (κ3) is 2.06. The molecule has 0 fully saturated rings. The van der Waals surface area contributed by atoms with E-state index in [1.807, 2.05) is 24.3 Å². The predicted octanol–water partition coefficient (Wildman–Crippen LogP) is 2.36. The molecular weight excluding hydrogens is 234 g/mol. The maximum Gasteiger partial charge on any atom is 0.317 e. The van der Waals surface area contributed by atoms with Gasteiger partial charge < -0.3 is 4.74 Å². The normalized spacial score (nSPS) is 9.92. The Kier molecular flexibility index (Phi) is 2.27. The molecule has 0 bridgehead atoms. The number of rotatable bonds is 2. The first kappa shape index (κ1) is 8.25. The van der Waals surface area contributed by atoms with Crippen molar-refractivity contribution in [1.82, 2.24) is 15.2 Å². The summed E-state index contributed by atoms with van der Waals surface area (Å²) in [5.41, 5.74) is 0. The maximum absolute atomic E-state index is 5.34. The van der Waals surface area contributed by atoms with Crippen LogP contribution in [0, 0.1) is 0 Å². The lowest BCUT2D eigenvalue weighted by atomic mass is 10.3. The number of nitrogens with zero attached hydrogens (tertiary/aromatic N) is 2. The lowest BCUT2D eigenvalue weighted by Crippen LogP contribution is -1.85. The molecular formula is C8H6BrN3O. The zero-order valence-corrected chi connectivity index (χ0v) is 8.15. The van der Waals surface area contributed by atoms with Gasteiger partial charge in [0.15, 0.2) is 0 Å². The Hall–Kier alpha value is -1.36. The molecule has 66 valence electrons. The van der Waals surface area contributed by atoms with Crippen LogP contribution in [0.1, 0.15) is 0 Å². The Morgan fingerprint density at radius 3 is 3.00 bits per heavy atom. The summed E-state index contributed by atoms with van der Waals surface area (Å²) < 4.78 is 6.30. The Balaban J connectivity index is 2.19. The minimum Gasteiger partial charge on any atom is -0.425 e. The largest absolute Gasteiger partial charge is 0.425 e. The fraction of sp³-hybridized carbons (Fsp3) is 0. The van der Waals surface area contributed by atoms with E-state index in [4.69, 9.17) is 4.74 Å². The van der Waals surface area contributed by atoms with Crippen molar-refractivity contribution in [2.75, 3.05) is 0 Å². The number of hydrogen-bond acceptors (Lipinski definition) is 3. The van der Waals surface area contributed by atoms with Crippen LogP contribution in [-0.4, -0.2) is 15.2 Å². The molecule has 5 heteroatoms. The van der Waals surface area contributed by atoms with Crippen LogP contribution in [0.2, 0.25) is 0 Å². The van der Waals surface area contributed by atoms with Gasteiger partial charge in [0.1, 0.15) is 12.1 Å². The summed E-state index contributed by atoms with van der Waals surface area (Å²) in [5, 5.41) is 6.27. The molecule has 0 saturated heterocycles. The maximum atomic E-state index is 5.34. The molecule has 0 aliphatic rings. The van der Waals surface area contributed by atoms with Crippen LogP contribution in [0.4, 0.5) is 0 Å². The number of nitrogens with one attached hydrogen (secondary N) is 1. The molecule has 0 spiro atoms. The molecule has 1 aromatic heterocycles. The quantitative estimate of drug-likeness (QED) is 0.876.